The van der Waals surface area contributed by atoms with Crippen molar-refractivity contribution in [2.75, 3.05) is 46.3 Å². The molecule has 0 saturated heterocycles. The zero-order chi connectivity index (χ0) is 17.5. The van der Waals surface area contributed by atoms with Crippen LogP contribution in [0.1, 0.15) is 38.5 Å². The van der Waals surface area contributed by atoms with Gasteiger partial charge in [0.15, 0.2) is 0 Å². The van der Waals surface area contributed by atoms with Gasteiger partial charge in [0, 0.05) is 34.8 Å². The van der Waals surface area contributed by atoms with Crippen molar-refractivity contribution in [1.29, 1.82) is 0 Å². The van der Waals surface area contributed by atoms with E-state index in [-0.39, 0.29) is 0 Å². The second-order valence-corrected chi connectivity index (χ2v) is 7.98. The van der Waals surface area contributed by atoms with Gasteiger partial charge < -0.3 is 15.4 Å². The Hall–Kier alpha value is 0.0600. The summed E-state index contributed by atoms with van der Waals surface area (Å²) in [6.07, 6.45) is 6.90. The summed E-state index contributed by atoms with van der Waals surface area (Å²) in [5, 5.41) is 10.2. The first-order chi connectivity index (χ1) is 11.8. The molecule has 0 radical (unpaired) electrons. The van der Waals surface area contributed by atoms with Crippen LogP contribution in [-0.2, 0) is 0 Å². The molecule has 0 bridgehead atoms. The van der Waals surface area contributed by atoms with Crippen LogP contribution in [0.3, 0.4) is 0 Å². The molecule has 0 amide bonds. The Morgan fingerprint density at radius 3 is 2.04 bits per heavy atom. The van der Waals surface area contributed by atoms with Crippen LogP contribution in [0, 0.1) is 0 Å². The van der Waals surface area contributed by atoms with Crippen LogP contribution in [-0.4, -0.2) is 35.7 Å². The Kier molecular flexibility index (Phi) is 14.1. The molecule has 6 heteroatoms. The zero-order valence-corrected chi connectivity index (χ0v) is 19.0. The van der Waals surface area contributed by atoms with Crippen LogP contribution in [0.5, 0.6) is 5.75 Å². The van der Waals surface area contributed by atoms with Gasteiger partial charge in [0.2, 0.25) is 0 Å². The predicted molar refractivity (Wildman–Crippen MR) is 118 cm³/mol. The number of anilines is 2. The summed E-state index contributed by atoms with van der Waals surface area (Å²) in [5.74, 6) is 0.953. The Morgan fingerprint density at radius 1 is 0.750 bits per heavy atom. The SMILES string of the molecule is BrCCCCNc1ccc(OCCCCBr)c(NCCCCBr)c1. The minimum Gasteiger partial charge on any atom is -0.491 e. The second-order valence-electron chi connectivity index (χ2n) is 5.60. The summed E-state index contributed by atoms with van der Waals surface area (Å²) in [4.78, 5) is 0. The van der Waals surface area contributed by atoms with Gasteiger partial charge in [-0.25, -0.2) is 0 Å². The maximum atomic E-state index is 5.97. The number of benzene rings is 1. The molecule has 0 heterocycles. The molecule has 0 aliphatic rings. The zero-order valence-electron chi connectivity index (χ0n) is 14.3. The fraction of sp³-hybridized carbons (Fsp3) is 0.667. The molecule has 0 unspecified atom stereocenters. The van der Waals surface area contributed by atoms with Gasteiger partial charge >= 0.3 is 0 Å². The lowest BCUT2D eigenvalue weighted by Gasteiger charge is -2.15. The first-order valence-corrected chi connectivity index (χ1v) is 12.1. The molecule has 0 spiro atoms. The van der Waals surface area contributed by atoms with Crippen molar-refractivity contribution in [1.82, 2.24) is 0 Å². The maximum Gasteiger partial charge on any atom is 0.142 e. The average molecular weight is 529 g/mol. The molecule has 3 nitrogen and oxygen atoms in total. The van der Waals surface area contributed by atoms with Crippen molar-refractivity contribution >= 4 is 59.2 Å². The van der Waals surface area contributed by atoms with Gasteiger partial charge in [-0.1, -0.05) is 47.8 Å². The van der Waals surface area contributed by atoms with E-state index in [0.29, 0.717) is 0 Å². The van der Waals surface area contributed by atoms with E-state index in [1.54, 1.807) is 0 Å². The molecule has 0 aliphatic carbocycles. The van der Waals surface area contributed by atoms with Crippen LogP contribution in [0.4, 0.5) is 11.4 Å². The normalized spacial score (nSPS) is 10.6. The highest BCUT2D eigenvalue weighted by Gasteiger charge is 2.05. The largest absolute Gasteiger partial charge is 0.491 e. The molecule has 1 aromatic rings. The maximum absolute atomic E-state index is 5.97. The summed E-state index contributed by atoms with van der Waals surface area (Å²) in [7, 11) is 0. The van der Waals surface area contributed by atoms with Crippen LogP contribution < -0.4 is 15.4 Å². The summed E-state index contributed by atoms with van der Waals surface area (Å²) in [6.45, 7) is 2.73. The monoisotopic (exact) mass is 526 g/mol. The topological polar surface area (TPSA) is 33.3 Å². The molecule has 138 valence electrons. The van der Waals surface area contributed by atoms with E-state index in [2.05, 4.69) is 76.6 Å². The molecule has 0 aromatic heterocycles. The highest BCUT2D eigenvalue weighted by Crippen LogP contribution is 2.28. The Bertz CT molecular complexity index is 433. The number of hydrogen-bond donors (Lipinski definition) is 2. The second kappa shape index (κ2) is 15.3. The minimum absolute atomic E-state index is 0.764. The lowest BCUT2D eigenvalue weighted by Crippen LogP contribution is -2.07. The summed E-state index contributed by atoms with van der Waals surface area (Å²) < 4.78 is 5.97. The quantitative estimate of drug-likeness (QED) is 0.204. The average Bonchev–Trinajstić information content (AvgIpc) is 2.60. The van der Waals surface area contributed by atoms with Gasteiger partial charge in [-0.05, 0) is 56.7 Å². The number of ether oxygens (including phenoxy) is 1. The summed E-state index contributed by atoms with van der Waals surface area (Å²) in [5.41, 5.74) is 2.24. The van der Waals surface area contributed by atoms with E-state index in [9.17, 15) is 0 Å². The van der Waals surface area contributed by atoms with Crippen LogP contribution in [0.25, 0.3) is 0 Å². The highest BCUT2D eigenvalue weighted by atomic mass is 79.9. The van der Waals surface area contributed by atoms with Crippen LogP contribution >= 0.6 is 47.8 Å². The number of hydrogen-bond acceptors (Lipinski definition) is 3. The van der Waals surface area contributed by atoms with E-state index >= 15 is 0 Å². The van der Waals surface area contributed by atoms with Crippen LogP contribution in [0.15, 0.2) is 18.2 Å². The highest BCUT2D eigenvalue weighted by molar-refractivity contribution is 9.09. The lowest BCUT2D eigenvalue weighted by molar-refractivity contribution is 0.311. The standard InChI is InChI=1S/C18H29Br3N2O/c19-9-1-4-12-22-16-7-8-18(24-14-6-3-11-21)17(15-16)23-13-5-2-10-20/h7-8,15,22-23H,1-6,9-14H2. The van der Waals surface area contributed by atoms with Crippen molar-refractivity contribution in [3.63, 3.8) is 0 Å². The molecule has 1 rings (SSSR count). The van der Waals surface area contributed by atoms with Crippen LogP contribution in [0.2, 0.25) is 0 Å². The third-order valence-electron chi connectivity index (χ3n) is 3.53. The van der Waals surface area contributed by atoms with Crippen molar-refractivity contribution in [3.05, 3.63) is 18.2 Å². The molecule has 0 fully saturated rings. The molecule has 0 atom stereocenters. The van der Waals surface area contributed by atoms with Gasteiger partial charge in [0.05, 0.1) is 12.3 Å². The van der Waals surface area contributed by atoms with E-state index in [1.165, 1.54) is 19.3 Å². The Balaban J connectivity index is 2.58. The fourth-order valence-electron chi connectivity index (χ4n) is 2.18. The van der Waals surface area contributed by atoms with Gasteiger partial charge in [-0.2, -0.15) is 0 Å². The molecule has 2 N–H and O–H groups in total. The molecule has 0 saturated carbocycles. The van der Waals surface area contributed by atoms with Gasteiger partial charge in [-0.15, -0.1) is 0 Å². The number of halogens is 3. The predicted octanol–water partition coefficient (Wildman–Crippen LogP) is 6.41. The van der Waals surface area contributed by atoms with Crippen molar-refractivity contribution in [2.24, 2.45) is 0 Å². The molecule has 24 heavy (non-hydrogen) atoms. The van der Waals surface area contributed by atoms with E-state index < -0.39 is 0 Å². The number of alkyl halides is 3. The van der Waals surface area contributed by atoms with Gasteiger partial charge in [-0.3, -0.25) is 0 Å². The number of nitrogens with one attached hydrogen (secondary N) is 2. The smallest absolute Gasteiger partial charge is 0.142 e. The minimum atomic E-state index is 0.764. The summed E-state index contributed by atoms with van der Waals surface area (Å²) >= 11 is 10.4. The molecular weight excluding hydrogens is 500 g/mol. The molecule has 0 aliphatic heterocycles. The molecule has 1 aromatic carbocycles. The third-order valence-corrected chi connectivity index (χ3v) is 5.21. The first kappa shape index (κ1) is 22.1. The fourth-order valence-corrected chi connectivity index (χ4v) is 3.37. The van der Waals surface area contributed by atoms with E-state index in [1.807, 2.05) is 0 Å². The van der Waals surface area contributed by atoms with Crippen molar-refractivity contribution < 1.29 is 4.74 Å². The third kappa shape index (κ3) is 10.1. The van der Waals surface area contributed by atoms with Gasteiger partial charge in [0.1, 0.15) is 5.75 Å². The lowest BCUT2D eigenvalue weighted by atomic mass is 10.2. The Morgan fingerprint density at radius 2 is 1.38 bits per heavy atom. The van der Waals surface area contributed by atoms with Crippen molar-refractivity contribution in [2.45, 2.75) is 38.5 Å². The Labute approximate surface area is 172 Å². The number of rotatable bonds is 15. The number of unbranched alkanes of at least 4 members (excludes halogenated alkanes) is 3. The molecular formula is C18H29Br3N2O. The van der Waals surface area contributed by atoms with E-state index in [4.69, 9.17) is 4.74 Å². The summed E-state index contributed by atoms with van der Waals surface area (Å²) in [6, 6.07) is 6.35. The first-order valence-electron chi connectivity index (χ1n) is 8.74. The van der Waals surface area contributed by atoms with Crippen molar-refractivity contribution in [3.8, 4) is 5.75 Å². The van der Waals surface area contributed by atoms with E-state index in [0.717, 1.165) is 72.1 Å². The van der Waals surface area contributed by atoms with Gasteiger partial charge in [0.25, 0.3) is 0 Å².